The van der Waals surface area contributed by atoms with Gasteiger partial charge >= 0.3 is 0 Å². The third-order valence-corrected chi connectivity index (χ3v) is 8.88. The molecule has 6 heteroatoms. The van der Waals surface area contributed by atoms with Gasteiger partial charge in [-0.1, -0.05) is 66.7 Å². The number of hydrogen-bond donors (Lipinski definition) is 0. The van der Waals surface area contributed by atoms with Crippen LogP contribution in [0.5, 0.6) is 0 Å². The number of benzene rings is 4. The molecule has 4 aromatic carbocycles. The van der Waals surface area contributed by atoms with Crippen molar-refractivity contribution in [1.82, 2.24) is 14.0 Å². The number of rotatable bonds is 2. The average molecular weight is 496 g/mol. The second-order valence-electron chi connectivity index (χ2n) is 10.7. The van der Waals surface area contributed by atoms with Gasteiger partial charge in [0.15, 0.2) is 5.78 Å². The smallest absolute Gasteiger partial charge is 0.262 e. The molecule has 38 heavy (non-hydrogen) atoms. The van der Waals surface area contributed by atoms with Gasteiger partial charge in [0, 0.05) is 45.0 Å². The molecule has 0 spiro atoms. The molecule has 1 fully saturated rings. The Bertz CT molecular complexity index is 2080. The van der Waals surface area contributed by atoms with E-state index in [1.54, 1.807) is 0 Å². The first-order valence-corrected chi connectivity index (χ1v) is 13.1. The highest BCUT2D eigenvalue weighted by Crippen LogP contribution is 2.53. The van der Waals surface area contributed by atoms with E-state index in [0.29, 0.717) is 24.0 Å². The topological polar surface area (TPSA) is 64.3 Å². The van der Waals surface area contributed by atoms with Crippen molar-refractivity contribution in [2.75, 3.05) is 0 Å². The Hall–Kier alpha value is -4.71. The van der Waals surface area contributed by atoms with Crippen molar-refractivity contribution in [3.8, 4) is 0 Å². The quantitative estimate of drug-likeness (QED) is 0.270. The zero-order valence-electron chi connectivity index (χ0n) is 20.3. The highest BCUT2D eigenvalue weighted by molar-refractivity contribution is 6.39. The van der Waals surface area contributed by atoms with Crippen molar-refractivity contribution >= 4 is 61.2 Å². The molecule has 0 radical (unpaired) electrons. The van der Waals surface area contributed by atoms with Crippen molar-refractivity contribution in [2.45, 2.75) is 31.5 Å². The summed E-state index contributed by atoms with van der Waals surface area (Å²) in [6.07, 6.45) is 1.18. The Morgan fingerprint density at radius 1 is 0.658 bits per heavy atom. The molecule has 2 amide bonds. The predicted octanol–water partition coefficient (Wildman–Crippen LogP) is 6.16. The highest BCUT2D eigenvalue weighted by atomic mass is 16.2. The molecule has 9 rings (SSSR count). The van der Waals surface area contributed by atoms with Crippen molar-refractivity contribution < 1.29 is 14.4 Å². The third-order valence-electron chi connectivity index (χ3n) is 8.88. The molecule has 1 saturated carbocycles. The van der Waals surface area contributed by atoms with Crippen LogP contribution >= 0.6 is 0 Å². The van der Waals surface area contributed by atoms with Crippen molar-refractivity contribution in [1.29, 1.82) is 0 Å². The van der Waals surface area contributed by atoms with Gasteiger partial charge < -0.3 is 9.13 Å². The molecule has 2 aliphatic heterocycles. The maximum absolute atomic E-state index is 14.2. The number of nitrogens with zero attached hydrogens (tertiary/aromatic N) is 3. The SMILES string of the molecule is O=C1C[C@H]2C[C@@H]1n1c3ccccc3c3c4c(c5c6ccccc6n2c5c31)C(=O)N(Cc1ccccc1)C4=O. The Kier molecular flexibility index (Phi) is 3.63. The number of Topliss-reactive ketones (excluding diaryl/α,β-unsaturated/α-hetero) is 1. The Morgan fingerprint density at radius 2 is 1.21 bits per heavy atom. The monoisotopic (exact) mass is 495 g/mol. The van der Waals surface area contributed by atoms with Gasteiger partial charge in [0.2, 0.25) is 0 Å². The van der Waals surface area contributed by atoms with E-state index in [4.69, 9.17) is 0 Å². The fourth-order valence-electron chi connectivity index (χ4n) is 7.44. The summed E-state index contributed by atoms with van der Waals surface area (Å²) in [5.74, 6) is -0.292. The maximum Gasteiger partial charge on any atom is 0.262 e. The lowest BCUT2D eigenvalue weighted by Gasteiger charge is -2.15. The molecule has 182 valence electrons. The molecule has 0 saturated heterocycles. The number of carbonyl (C=O) groups excluding carboxylic acids is 3. The second kappa shape index (κ2) is 6.78. The van der Waals surface area contributed by atoms with E-state index in [9.17, 15) is 14.4 Å². The predicted molar refractivity (Wildman–Crippen MR) is 145 cm³/mol. The van der Waals surface area contributed by atoms with Crippen LogP contribution in [0.2, 0.25) is 0 Å². The summed E-state index contributed by atoms with van der Waals surface area (Å²) >= 11 is 0. The molecule has 4 heterocycles. The van der Waals surface area contributed by atoms with Gasteiger partial charge in [-0.25, -0.2) is 0 Å². The molecule has 6 nitrogen and oxygen atoms in total. The number of amides is 2. The highest BCUT2D eigenvalue weighted by Gasteiger charge is 2.46. The first kappa shape index (κ1) is 20.4. The molecule has 2 aromatic heterocycles. The molecule has 3 aliphatic rings. The lowest BCUT2D eigenvalue weighted by Crippen LogP contribution is -2.29. The summed E-state index contributed by atoms with van der Waals surface area (Å²) in [7, 11) is 0. The fourth-order valence-corrected chi connectivity index (χ4v) is 7.44. The van der Waals surface area contributed by atoms with Crippen LogP contribution < -0.4 is 0 Å². The van der Waals surface area contributed by atoms with Crippen molar-refractivity contribution in [3.63, 3.8) is 0 Å². The standard InChI is InChI=1S/C32H21N3O3/c36-24-15-18-14-23(24)35-22-13-7-5-11-20(22)26-28-27(31(37)33(32(28)38)16-17-8-2-1-3-9-17)25-19-10-4-6-12-21(19)34(18)29(25)30(26)35/h1-13,18,23H,14-16H2/t18-,23+/m1/s1. The number of fused-ring (bicyclic) bond motifs is 13. The van der Waals surface area contributed by atoms with Crippen LogP contribution in [0.15, 0.2) is 78.9 Å². The van der Waals surface area contributed by atoms with E-state index in [0.717, 1.165) is 49.2 Å². The van der Waals surface area contributed by atoms with Crippen LogP contribution in [0.25, 0.3) is 43.6 Å². The lowest BCUT2D eigenvalue weighted by atomic mass is 9.96. The van der Waals surface area contributed by atoms with E-state index in [2.05, 4.69) is 15.2 Å². The van der Waals surface area contributed by atoms with Gasteiger partial charge in [0.25, 0.3) is 11.8 Å². The van der Waals surface area contributed by atoms with Gasteiger partial charge in [-0.3, -0.25) is 19.3 Å². The number of imide groups is 1. The minimum Gasteiger partial charge on any atom is -0.335 e. The largest absolute Gasteiger partial charge is 0.335 e. The normalized spacial score (nSPS) is 20.1. The Labute approximate surface area is 216 Å². The number of aromatic nitrogens is 2. The van der Waals surface area contributed by atoms with Crippen LogP contribution in [0.3, 0.4) is 0 Å². The van der Waals surface area contributed by atoms with Gasteiger partial charge in [-0.2, -0.15) is 0 Å². The fraction of sp³-hybridized carbons (Fsp3) is 0.156. The van der Waals surface area contributed by atoms with Crippen LogP contribution in [0.1, 0.15) is 51.2 Å². The van der Waals surface area contributed by atoms with Gasteiger partial charge in [0.1, 0.15) is 0 Å². The number of ketones is 1. The zero-order valence-corrected chi connectivity index (χ0v) is 20.3. The second-order valence-corrected chi connectivity index (χ2v) is 10.7. The Morgan fingerprint density at radius 3 is 1.87 bits per heavy atom. The summed E-state index contributed by atoms with van der Waals surface area (Å²) < 4.78 is 4.47. The van der Waals surface area contributed by atoms with Gasteiger partial charge in [0.05, 0.1) is 34.7 Å². The summed E-state index contributed by atoms with van der Waals surface area (Å²) in [4.78, 5) is 43.2. The van der Waals surface area contributed by atoms with E-state index >= 15 is 0 Å². The van der Waals surface area contributed by atoms with Crippen molar-refractivity contribution in [3.05, 3.63) is 95.6 Å². The maximum atomic E-state index is 14.2. The lowest BCUT2D eigenvalue weighted by molar-refractivity contribution is -0.120. The number of hydrogen-bond acceptors (Lipinski definition) is 3. The van der Waals surface area contributed by atoms with Crippen LogP contribution in [-0.4, -0.2) is 31.6 Å². The minimum absolute atomic E-state index is 0.0161. The molecule has 0 N–H and O–H groups in total. The molecule has 0 unspecified atom stereocenters. The average Bonchev–Trinajstić information content (AvgIpc) is 3.61. The Balaban J connectivity index is 1.51. The third kappa shape index (κ3) is 2.24. The molecule has 1 aliphatic carbocycles. The van der Waals surface area contributed by atoms with Crippen LogP contribution in [0.4, 0.5) is 0 Å². The van der Waals surface area contributed by atoms with E-state index < -0.39 is 0 Å². The van der Waals surface area contributed by atoms with Gasteiger partial charge in [-0.15, -0.1) is 0 Å². The molecule has 2 bridgehead atoms. The summed E-state index contributed by atoms with van der Waals surface area (Å²) in [5, 5.41) is 3.50. The number of para-hydroxylation sites is 2. The zero-order chi connectivity index (χ0) is 25.3. The minimum atomic E-state index is -0.282. The molecular weight excluding hydrogens is 474 g/mol. The van der Waals surface area contributed by atoms with E-state index in [-0.39, 0.29) is 36.2 Å². The first-order valence-electron chi connectivity index (χ1n) is 13.1. The van der Waals surface area contributed by atoms with Crippen molar-refractivity contribution in [2.24, 2.45) is 0 Å². The van der Waals surface area contributed by atoms with Gasteiger partial charge in [-0.05, 0) is 24.1 Å². The molecular formula is C32H21N3O3. The van der Waals surface area contributed by atoms with Crippen LogP contribution in [0, 0.1) is 0 Å². The van der Waals surface area contributed by atoms with E-state index in [1.165, 1.54) is 4.90 Å². The van der Waals surface area contributed by atoms with Crippen LogP contribution in [-0.2, 0) is 11.3 Å². The number of carbonyl (C=O) groups is 3. The van der Waals surface area contributed by atoms with E-state index in [1.807, 2.05) is 72.8 Å². The molecule has 2 atom stereocenters. The molecule has 6 aromatic rings. The summed E-state index contributed by atoms with van der Waals surface area (Å²) in [5.41, 5.74) is 5.70. The summed E-state index contributed by atoms with van der Waals surface area (Å²) in [6, 6.07) is 25.5. The first-order chi connectivity index (χ1) is 18.6. The summed E-state index contributed by atoms with van der Waals surface area (Å²) in [6.45, 7) is 0.219.